The predicted molar refractivity (Wildman–Crippen MR) is 56.2 cm³/mol. The van der Waals surface area contributed by atoms with E-state index in [-0.39, 0.29) is 0 Å². The highest BCUT2D eigenvalue weighted by molar-refractivity contribution is 5.29. The fourth-order valence-electron chi connectivity index (χ4n) is 2.05. The van der Waals surface area contributed by atoms with Crippen molar-refractivity contribution >= 4 is 0 Å². The van der Waals surface area contributed by atoms with Crippen molar-refractivity contribution in [3.63, 3.8) is 0 Å². The molecule has 0 saturated carbocycles. The molecule has 2 N–H and O–H groups in total. The largest absolute Gasteiger partial charge is 0.330 e. The van der Waals surface area contributed by atoms with Crippen molar-refractivity contribution in [2.45, 2.75) is 39.0 Å². The van der Waals surface area contributed by atoms with E-state index in [1.165, 1.54) is 29.8 Å². The maximum absolute atomic E-state index is 5.47. The zero-order valence-electron chi connectivity index (χ0n) is 8.71. The van der Waals surface area contributed by atoms with Gasteiger partial charge in [-0.25, -0.2) is 9.97 Å². The molecular formula is C11H17N3. The van der Waals surface area contributed by atoms with E-state index >= 15 is 0 Å². The molecule has 2 rings (SSSR count). The lowest BCUT2D eigenvalue weighted by molar-refractivity contribution is 0.764. The van der Waals surface area contributed by atoms with Gasteiger partial charge >= 0.3 is 0 Å². The van der Waals surface area contributed by atoms with Gasteiger partial charge in [-0.2, -0.15) is 0 Å². The Morgan fingerprint density at radius 3 is 2.93 bits per heavy atom. The topological polar surface area (TPSA) is 51.8 Å². The average Bonchev–Trinajstić information content (AvgIpc) is 2.63. The van der Waals surface area contributed by atoms with Crippen molar-refractivity contribution < 1.29 is 0 Å². The fourth-order valence-corrected chi connectivity index (χ4v) is 2.05. The third-order valence-corrected chi connectivity index (χ3v) is 2.79. The molecule has 0 aromatic carbocycles. The number of aromatic nitrogens is 2. The molecule has 1 aromatic rings. The number of hydrogen-bond acceptors (Lipinski definition) is 3. The van der Waals surface area contributed by atoms with E-state index in [2.05, 4.69) is 16.9 Å². The summed E-state index contributed by atoms with van der Waals surface area (Å²) in [5.41, 5.74) is 9.32. The van der Waals surface area contributed by atoms with E-state index < -0.39 is 0 Å². The second-order valence-corrected chi connectivity index (χ2v) is 3.90. The van der Waals surface area contributed by atoms with E-state index in [0.717, 1.165) is 31.6 Å². The van der Waals surface area contributed by atoms with Crippen LogP contribution in [0.2, 0.25) is 0 Å². The van der Waals surface area contributed by atoms with Crippen molar-refractivity contribution in [1.82, 2.24) is 9.97 Å². The summed E-state index contributed by atoms with van der Waals surface area (Å²) < 4.78 is 0. The maximum Gasteiger partial charge on any atom is 0.128 e. The van der Waals surface area contributed by atoms with Crippen LogP contribution in [-0.2, 0) is 19.3 Å². The lowest BCUT2D eigenvalue weighted by Crippen LogP contribution is -2.06. The minimum absolute atomic E-state index is 0.722. The van der Waals surface area contributed by atoms with E-state index in [0.29, 0.717) is 0 Å². The van der Waals surface area contributed by atoms with E-state index in [1.807, 2.05) is 0 Å². The molecule has 76 valence electrons. The number of fused-ring (bicyclic) bond motifs is 1. The van der Waals surface area contributed by atoms with Gasteiger partial charge in [0.05, 0.1) is 0 Å². The molecule has 1 aromatic heterocycles. The van der Waals surface area contributed by atoms with Gasteiger partial charge in [0, 0.05) is 17.8 Å². The van der Waals surface area contributed by atoms with Crippen LogP contribution in [0.5, 0.6) is 0 Å². The van der Waals surface area contributed by atoms with Gasteiger partial charge in [-0.15, -0.1) is 0 Å². The molecule has 14 heavy (non-hydrogen) atoms. The van der Waals surface area contributed by atoms with Gasteiger partial charge in [0.2, 0.25) is 0 Å². The standard InChI is InChI=1S/C11H17N3/c1-8-9-4-2-5-10(9)14-11(13-8)6-3-7-12/h2-7,12H2,1H3. The molecule has 0 saturated heterocycles. The lowest BCUT2D eigenvalue weighted by Gasteiger charge is -2.05. The van der Waals surface area contributed by atoms with Crippen LogP contribution in [0.1, 0.15) is 35.6 Å². The SMILES string of the molecule is Cc1nc(CCCN)nc2c1CCC2. The first-order valence-electron chi connectivity index (χ1n) is 5.36. The lowest BCUT2D eigenvalue weighted by atomic mass is 10.2. The summed E-state index contributed by atoms with van der Waals surface area (Å²) in [6.45, 7) is 2.82. The van der Waals surface area contributed by atoms with Gasteiger partial charge in [-0.1, -0.05) is 0 Å². The molecule has 0 fully saturated rings. The van der Waals surface area contributed by atoms with Crippen LogP contribution < -0.4 is 5.73 Å². The van der Waals surface area contributed by atoms with Crippen LogP contribution >= 0.6 is 0 Å². The molecule has 0 aliphatic heterocycles. The van der Waals surface area contributed by atoms with Crippen LogP contribution in [-0.4, -0.2) is 16.5 Å². The normalized spacial score (nSPS) is 14.4. The maximum atomic E-state index is 5.47. The van der Waals surface area contributed by atoms with Crippen molar-refractivity contribution in [1.29, 1.82) is 0 Å². The smallest absolute Gasteiger partial charge is 0.128 e. The predicted octanol–water partition coefficient (Wildman–Crippen LogP) is 1.17. The van der Waals surface area contributed by atoms with Crippen LogP contribution in [0.25, 0.3) is 0 Å². The van der Waals surface area contributed by atoms with Crippen LogP contribution in [0.15, 0.2) is 0 Å². The summed E-state index contributed by atoms with van der Waals surface area (Å²) in [4.78, 5) is 9.10. The summed E-state index contributed by atoms with van der Waals surface area (Å²) in [7, 11) is 0. The van der Waals surface area contributed by atoms with Gasteiger partial charge in [-0.3, -0.25) is 0 Å². The molecule has 0 unspecified atom stereocenters. The highest BCUT2D eigenvalue weighted by Crippen LogP contribution is 2.22. The Kier molecular flexibility index (Phi) is 2.77. The first kappa shape index (κ1) is 9.59. The quantitative estimate of drug-likeness (QED) is 0.780. The minimum Gasteiger partial charge on any atom is -0.330 e. The van der Waals surface area contributed by atoms with E-state index in [1.54, 1.807) is 0 Å². The Bertz CT molecular complexity index is 334. The number of aryl methyl sites for hydroxylation is 3. The van der Waals surface area contributed by atoms with Crippen molar-refractivity contribution in [3.8, 4) is 0 Å². The van der Waals surface area contributed by atoms with Gasteiger partial charge in [0.15, 0.2) is 0 Å². The molecule has 1 aliphatic rings. The summed E-state index contributed by atoms with van der Waals surface area (Å²) >= 11 is 0. The summed E-state index contributed by atoms with van der Waals surface area (Å²) in [6.07, 6.45) is 5.45. The molecule has 0 radical (unpaired) electrons. The third kappa shape index (κ3) is 1.77. The zero-order chi connectivity index (χ0) is 9.97. The second kappa shape index (κ2) is 4.05. The van der Waals surface area contributed by atoms with Crippen molar-refractivity contribution in [3.05, 3.63) is 22.8 Å². The Morgan fingerprint density at radius 1 is 1.29 bits per heavy atom. The van der Waals surface area contributed by atoms with Gasteiger partial charge < -0.3 is 5.73 Å². The Hall–Kier alpha value is -0.960. The summed E-state index contributed by atoms with van der Waals surface area (Å²) in [6, 6.07) is 0. The zero-order valence-corrected chi connectivity index (χ0v) is 8.71. The highest BCUT2D eigenvalue weighted by atomic mass is 14.9. The molecule has 0 atom stereocenters. The number of nitrogens with two attached hydrogens (primary N) is 1. The molecule has 0 amide bonds. The van der Waals surface area contributed by atoms with Gasteiger partial charge in [0.1, 0.15) is 5.82 Å². The molecule has 1 aliphatic carbocycles. The highest BCUT2D eigenvalue weighted by Gasteiger charge is 2.16. The molecular weight excluding hydrogens is 174 g/mol. The van der Waals surface area contributed by atoms with Crippen molar-refractivity contribution in [2.24, 2.45) is 5.73 Å². The molecule has 3 heteroatoms. The van der Waals surface area contributed by atoms with Gasteiger partial charge in [0.25, 0.3) is 0 Å². The number of nitrogens with zero attached hydrogens (tertiary/aromatic N) is 2. The van der Waals surface area contributed by atoms with E-state index in [9.17, 15) is 0 Å². The molecule has 0 bridgehead atoms. The summed E-state index contributed by atoms with van der Waals surface area (Å²) in [5, 5.41) is 0. The molecule has 3 nitrogen and oxygen atoms in total. The van der Waals surface area contributed by atoms with Crippen LogP contribution in [0.4, 0.5) is 0 Å². The first-order valence-corrected chi connectivity index (χ1v) is 5.36. The molecule has 0 spiro atoms. The van der Waals surface area contributed by atoms with Crippen LogP contribution in [0, 0.1) is 6.92 Å². The second-order valence-electron chi connectivity index (χ2n) is 3.90. The Labute approximate surface area is 84.8 Å². The molecule has 1 heterocycles. The first-order chi connectivity index (χ1) is 6.81. The minimum atomic E-state index is 0.722. The number of hydrogen-bond donors (Lipinski definition) is 1. The fraction of sp³-hybridized carbons (Fsp3) is 0.636. The van der Waals surface area contributed by atoms with Gasteiger partial charge in [-0.05, 0) is 44.7 Å². The Morgan fingerprint density at radius 2 is 2.14 bits per heavy atom. The number of rotatable bonds is 3. The summed E-state index contributed by atoms with van der Waals surface area (Å²) in [5.74, 6) is 0.980. The monoisotopic (exact) mass is 191 g/mol. The average molecular weight is 191 g/mol. The van der Waals surface area contributed by atoms with Crippen molar-refractivity contribution in [2.75, 3.05) is 6.54 Å². The van der Waals surface area contributed by atoms with Crippen LogP contribution in [0.3, 0.4) is 0 Å². The third-order valence-electron chi connectivity index (χ3n) is 2.79. The van der Waals surface area contributed by atoms with E-state index in [4.69, 9.17) is 5.73 Å². The Balaban J connectivity index is 2.23.